The molecular weight excluding hydrogens is 1410 g/mol. The molecule has 0 aliphatic heterocycles. The van der Waals surface area contributed by atoms with E-state index in [2.05, 4.69) is 0 Å². The number of rotatable bonds is 32. The minimum atomic E-state index is -4.67. The summed E-state index contributed by atoms with van der Waals surface area (Å²) in [4.78, 5) is 89.8. The van der Waals surface area contributed by atoms with Crippen LogP contribution in [-0.2, 0) is 139 Å². The van der Waals surface area contributed by atoms with Gasteiger partial charge in [-0.3, -0.25) is 9.59 Å². The van der Waals surface area contributed by atoms with Crippen molar-refractivity contribution in [1.82, 2.24) is 0 Å². The van der Waals surface area contributed by atoms with Crippen LogP contribution in [0.2, 0.25) is 0 Å². The molecule has 3 aliphatic carbocycles. The van der Waals surface area contributed by atoms with E-state index in [-0.39, 0.29) is 122 Å². The first-order chi connectivity index (χ1) is 50.2. The van der Waals surface area contributed by atoms with Crippen molar-refractivity contribution < 1.29 is 106 Å². The lowest BCUT2D eigenvalue weighted by molar-refractivity contribution is -0.152. The summed E-state index contributed by atoms with van der Waals surface area (Å²) >= 11 is 0. The Morgan fingerprint density at radius 2 is 0.745 bits per heavy atom. The number of esters is 7. The van der Waals surface area contributed by atoms with Crippen LogP contribution >= 0.6 is 0 Å². The largest absolute Gasteiger partial charge is 0.748 e. The van der Waals surface area contributed by atoms with Crippen LogP contribution in [0.3, 0.4) is 0 Å². The van der Waals surface area contributed by atoms with Crippen LogP contribution in [0.5, 0.6) is 11.5 Å². The summed E-state index contributed by atoms with van der Waals surface area (Å²) in [7, 11) is 56.1. The van der Waals surface area contributed by atoms with Gasteiger partial charge in [-0.2, -0.15) is 0 Å². The topological polar surface area (TPSA) is 356 Å². The van der Waals surface area contributed by atoms with Gasteiger partial charge in [0.15, 0.2) is 0 Å². The van der Waals surface area contributed by atoms with Gasteiger partial charge in [-0.1, -0.05) is 145 Å². The molecule has 0 heterocycles. The Kier molecular flexibility index (Phi) is 33.9. The first-order valence-corrected chi connectivity index (χ1v) is 38.3. The summed E-state index contributed by atoms with van der Waals surface area (Å²) in [6, 6.07) is 16.8. The Balaban J connectivity index is 0.000000257. The Hall–Kier alpha value is -7.10. The third-order valence-electron chi connectivity index (χ3n) is 17.9. The maximum absolute atomic E-state index is 13.4. The second-order valence-electron chi connectivity index (χ2n) is 25.0. The number of benzene rings is 5. The summed E-state index contributed by atoms with van der Waals surface area (Å²) in [5.41, 5.74) is 7.85. The van der Waals surface area contributed by atoms with Crippen LogP contribution in [0.15, 0.2) is 66.7 Å². The zero-order valence-corrected chi connectivity index (χ0v) is 60.5. The van der Waals surface area contributed by atoms with Gasteiger partial charge in [-0.15, -0.1) is 0 Å². The molecule has 5 aromatic carbocycles. The molecule has 3 aliphatic rings. The zero-order chi connectivity index (χ0) is 78.4. The minimum Gasteiger partial charge on any atom is -0.748 e. The molecule has 5 aromatic rings. The van der Waals surface area contributed by atoms with Crippen LogP contribution in [0, 0.1) is 23.7 Å². The maximum Gasteiger partial charge on any atom is 0.343 e. The average molecular weight is 1480 g/mol. The number of carbonyl (C=O) groups is 7. The van der Waals surface area contributed by atoms with Crippen molar-refractivity contribution in [2.75, 3.05) is 37.1 Å². The van der Waals surface area contributed by atoms with Crippen LogP contribution in [0.1, 0.15) is 163 Å². The summed E-state index contributed by atoms with van der Waals surface area (Å²) in [5, 5.41) is 0. The molecule has 0 saturated heterocycles. The molecular formula is C68H67B12O23S3-3. The maximum atomic E-state index is 13.4. The van der Waals surface area contributed by atoms with Gasteiger partial charge in [0.2, 0.25) is 0 Å². The number of hydrogen-bond donors (Lipinski definition) is 0. The smallest absolute Gasteiger partial charge is 0.343 e. The molecule has 3 saturated carbocycles. The summed E-state index contributed by atoms with van der Waals surface area (Å²) in [6.45, 7) is -1.71. The van der Waals surface area contributed by atoms with E-state index in [1.807, 2.05) is 12.1 Å². The second kappa shape index (κ2) is 40.9. The van der Waals surface area contributed by atoms with E-state index in [1.54, 1.807) is 24.3 Å². The van der Waals surface area contributed by atoms with E-state index >= 15 is 0 Å². The van der Waals surface area contributed by atoms with E-state index < -0.39 is 133 Å². The molecule has 8 rings (SSSR count). The number of ether oxygens (including phenoxy) is 7. The highest BCUT2D eigenvalue weighted by atomic mass is 32.2. The number of hydrogen-bond acceptors (Lipinski definition) is 23. The summed E-state index contributed by atoms with van der Waals surface area (Å²) in [5.74, 6) is -9.13. The van der Waals surface area contributed by atoms with Gasteiger partial charge in [0.25, 0.3) is 0 Å². The number of carbonyl (C=O) groups excluding carboxylic acids is 7. The predicted molar refractivity (Wildman–Crippen MR) is 396 cm³/mol. The third kappa shape index (κ3) is 25.2. The Labute approximate surface area is 634 Å². The average Bonchev–Trinajstić information content (AvgIpc) is 1.17. The molecule has 38 heteroatoms. The predicted octanol–water partition coefficient (Wildman–Crippen LogP) is 1.69. The molecule has 534 valence electrons. The quantitative estimate of drug-likeness (QED) is 0.0194. The van der Waals surface area contributed by atoms with Gasteiger partial charge in [-0.25, -0.2) is 49.2 Å². The van der Waals surface area contributed by atoms with Crippen molar-refractivity contribution in [1.29, 1.82) is 0 Å². The normalized spacial score (nSPS) is 17.4. The molecule has 0 N–H and O–H groups in total. The summed E-state index contributed by atoms with van der Waals surface area (Å²) in [6.07, 6.45) is 4.38. The highest BCUT2D eigenvalue weighted by molar-refractivity contribution is 7.86. The van der Waals surface area contributed by atoms with Gasteiger partial charge in [0, 0.05) is 12.0 Å². The molecule has 0 amide bonds. The van der Waals surface area contributed by atoms with E-state index in [0.29, 0.717) is 87.7 Å². The van der Waals surface area contributed by atoms with Crippen molar-refractivity contribution in [3.63, 3.8) is 0 Å². The van der Waals surface area contributed by atoms with Gasteiger partial charge < -0.3 is 46.8 Å². The van der Waals surface area contributed by atoms with E-state index in [1.165, 1.54) is 18.2 Å². The summed E-state index contributed by atoms with van der Waals surface area (Å²) < 4.78 is 134. The first-order valence-electron chi connectivity index (χ1n) is 33.5. The Bertz CT molecular complexity index is 4260. The van der Waals surface area contributed by atoms with Crippen molar-refractivity contribution in [2.45, 2.75) is 133 Å². The fraction of sp³-hybridized carbons (Fsp3) is 0.456. The standard InChI is InChI=1S/C29H24B6O9S.C20H23B3O7S.C19H23B3O7S/c30-10-16-3-19(12-32)25(14-34)23(5-16)28(37)43-21-7-18(27(36)42-1-2-45(39,40)41)8-22(9-21)44-29(38)24-6-17(11-31)4-20(13-33)26(24)15-35;21-8-12-3-13(9-22)17(10-23)16(6-12)20(25)30-18-7-11-4-14(18)15(5-11)19(24)29-1-2-31(26,27)28;20-9-12-6-14(10-21)17(11-22)16(7-12)19(24)29-15-3-1-2-13(8-15)18(23)28-4-5-30(25,26)27/h3-9H,1-2,10-15H2,(H,39,40,41);3,6,11,14-15,18H,1-2,4-5,7-10H2,(H,26,27,28);6-7,13,15H,1-5,8-11H2,(H,25,26,27)/p-3. The SMILES string of the molecule is [B]Cc1cc(C[B])c(C[B])c(C(=O)OC2CC3CC(C(=O)OCCS(=O)(=O)[O-])C2C3)c1.[B]Cc1cc(C[B])c(C[B])c(C(=O)OC2CCCC(C(=O)OCCS(=O)(=O)[O-])C2)c1.[B]Cc1cc(C[B])c(C[B])c(C(=O)Oc2cc(OC(=O)c3cc(C[B])cc(C[B])c3C[B])cc(C(=O)OCCS(=O)(=O)[O-])c2)c1. The molecule has 106 heavy (non-hydrogen) atoms. The fourth-order valence-corrected chi connectivity index (χ4v) is 13.7. The van der Waals surface area contributed by atoms with E-state index in [4.69, 9.17) is 127 Å². The molecule has 2 bridgehead atoms. The molecule has 23 nitrogen and oxygen atoms in total. The van der Waals surface area contributed by atoms with Crippen LogP contribution in [0.25, 0.3) is 0 Å². The lowest BCUT2D eigenvalue weighted by Gasteiger charge is -2.28. The van der Waals surface area contributed by atoms with Gasteiger partial charge >= 0.3 is 41.8 Å². The lowest BCUT2D eigenvalue weighted by atomic mass is 9.81. The highest BCUT2D eigenvalue weighted by Crippen LogP contribution is 2.50. The van der Waals surface area contributed by atoms with Crippen LogP contribution in [-0.4, -0.2) is 224 Å². The molecule has 0 aromatic heterocycles. The minimum absolute atomic E-state index is 0.0458. The van der Waals surface area contributed by atoms with Crippen molar-refractivity contribution in [2.24, 2.45) is 23.7 Å². The van der Waals surface area contributed by atoms with Crippen LogP contribution in [0.4, 0.5) is 0 Å². The van der Waals surface area contributed by atoms with Gasteiger partial charge in [0.1, 0.15) is 43.5 Å². The van der Waals surface area contributed by atoms with Gasteiger partial charge in [0.05, 0.1) is 181 Å². The van der Waals surface area contributed by atoms with Crippen LogP contribution < -0.4 is 9.47 Å². The molecule has 6 unspecified atom stereocenters. The lowest BCUT2D eigenvalue weighted by Crippen LogP contribution is -2.35. The number of fused-ring (bicyclic) bond motifs is 2. The Morgan fingerprint density at radius 1 is 0.377 bits per heavy atom. The molecule has 3 fully saturated rings. The fourth-order valence-electron chi connectivity index (χ4n) is 12.8. The Morgan fingerprint density at radius 3 is 1.10 bits per heavy atom. The van der Waals surface area contributed by atoms with Crippen molar-refractivity contribution in [3.05, 3.63) is 161 Å². The first kappa shape index (κ1) is 87.8. The van der Waals surface area contributed by atoms with Gasteiger partial charge in [-0.05, 0) is 110 Å². The van der Waals surface area contributed by atoms with Crippen molar-refractivity contribution in [3.8, 4) is 11.5 Å². The zero-order valence-electron chi connectivity index (χ0n) is 58.0. The second-order valence-corrected chi connectivity index (χ2v) is 29.6. The highest BCUT2D eigenvalue weighted by Gasteiger charge is 2.51. The van der Waals surface area contributed by atoms with E-state index in [9.17, 15) is 72.5 Å². The monoisotopic (exact) mass is 1480 g/mol. The van der Waals surface area contributed by atoms with Crippen molar-refractivity contribution >= 4 is 166 Å². The van der Waals surface area contributed by atoms with E-state index in [0.717, 1.165) is 40.8 Å². The molecule has 24 radical (unpaired) electrons. The third-order valence-corrected chi connectivity index (χ3v) is 19.9. The molecule has 6 atom stereocenters. The molecule has 0 spiro atoms.